The summed E-state index contributed by atoms with van der Waals surface area (Å²) < 4.78 is 0. The summed E-state index contributed by atoms with van der Waals surface area (Å²) in [4.78, 5) is 23.3. The second kappa shape index (κ2) is 6.16. The van der Waals surface area contributed by atoms with Crippen LogP contribution in [-0.2, 0) is 0 Å². The van der Waals surface area contributed by atoms with E-state index in [1.165, 1.54) is 24.3 Å². The fourth-order valence-electron chi connectivity index (χ4n) is 1.73. The fraction of sp³-hybridized carbons (Fsp3) is 0.0667. The van der Waals surface area contributed by atoms with Gasteiger partial charge in [0.15, 0.2) is 0 Å². The zero-order chi connectivity index (χ0) is 15.6. The zero-order valence-electron chi connectivity index (χ0n) is 11.0. The maximum atomic E-state index is 12.1. The summed E-state index contributed by atoms with van der Waals surface area (Å²) in [7, 11) is 0. The Balaban J connectivity index is 2.31. The molecule has 4 nitrogen and oxygen atoms in total. The van der Waals surface area contributed by atoms with Gasteiger partial charge in [-0.15, -0.1) is 0 Å². The van der Waals surface area contributed by atoms with Crippen molar-refractivity contribution in [1.82, 2.24) is 0 Å². The van der Waals surface area contributed by atoms with Gasteiger partial charge in [0.2, 0.25) is 0 Å². The van der Waals surface area contributed by atoms with Gasteiger partial charge in [0.25, 0.3) is 5.91 Å². The molecule has 1 amide bonds. The summed E-state index contributed by atoms with van der Waals surface area (Å²) in [5.74, 6) is -1.61. The molecule has 0 aliphatic heterocycles. The number of carbonyl (C=O) groups is 2. The molecule has 2 rings (SSSR count). The number of anilines is 1. The van der Waals surface area contributed by atoms with Gasteiger partial charge in [-0.1, -0.05) is 29.3 Å². The lowest BCUT2D eigenvalue weighted by Crippen LogP contribution is -2.14. The standard InChI is InChI=1S/C15H11Cl2NO3/c1-8-2-3-9(6-12(8)17)14(19)18-13-5-4-10(16)7-11(13)15(20)21/h2-7H,1H3,(H,18,19)(H,20,21). The quantitative estimate of drug-likeness (QED) is 0.887. The number of nitrogens with one attached hydrogen (secondary N) is 1. The maximum absolute atomic E-state index is 12.1. The lowest BCUT2D eigenvalue weighted by molar-refractivity contribution is 0.0698. The Morgan fingerprint density at radius 2 is 1.81 bits per heavy atom. The normalized spacial score (nSPS) is 10.2. The third-order valence-corrected chi connectivity index (χ3v) is 3.54. The first kappa shape index (κ1) is 15.4. The van der Waals surface area contributed by atoms with Gasteiger partial charge in [0, 0.05) is 15.6 Å². The Morgan fingerprint density at radius 3 is 2.43 bits per heavy atom. The molecule has 0 saturated heterocycles. The third kappa shape index (κ3) is 3.54. The first-order valence-electron chi connectivity index (χ1n) is 5.99. The van der Waals surface area contributed by atoms with E-state index in [1.54, 1.807) is 12.1 Å². The molecule has 21 heavy (non-hydrogen) atoms. The minimum absolute atomic E-state index is 0.0749. The average molecular weight is 324 g/mol. The SMILES string of the molecule is Cc1ccc(C(=O)Nc2ccc(Cl)cc2C(=O)O)cc1Cl. The van der Waals surface area contributed by atoms with Crippen molar-refractivity contribution in [3.05, 3.63) is 63.1 Å². The Hall–Kier alpha value is -2.04. The van der Waals surface area contributed by atoms with Crippen LogP contribution in [0.4, 0.5) is 5.69 Å². The second-order valence-electron chi connectivity index (χ2n) is 4.41. The predicted octanol–water partition coefficient (Wildman–Crippen LogP) is 4.25. The number of halogens is 2. The first-order valence-corrected chi connectivity index (χ1v) is 6.74. The van der Waals surface area contributed by atoms with Crippen LogP contribution in [0.1, 0.15) is 26.3 Å². The Kier molecular flexibility index (Phi) is 4.50. The summed E-state index contributed by atoms with van der Waals surface area (Å²) in [6.45, 7) is 1.83. The third-order valence-electron chi connectivity index (χ3n) is 2.89. The van der Waals surface area contributed by atoms with E-state index in [2.05, 4.69) is 5.32 Å². The molecule has 0 aliphatic carbocycles. The number of benzene rings is 2. The molecule has 2 aromatic carbocycles. The molecule has 0 spiro atoms. The Labute approximate surface area is 131 Å². The van der Waals surface area contributed by atoms with Crippen molar-refractivity contribution < 1.29 is 14.7 Å². The van der Waals surface area contributed by atoms with Crippen LogP contribution in [-0.4, -0.2) is 17.0 Å². The van der Waals surface area contributed by atoms with E-state index >= 15 is 0 Å². The molecule has 6 heteroatoms. The highest BCUT2D eigenvalue weighted by Gasteiger charge is 2.14. The van der Waals surface area contributed by atoms with Gasteiger partial charge in [-0.2, -0.15) is 0 Å². The van der Waals surface area contributed by atoms with Crippen LogP contribution in [0.5, 0.6) is 0 Å². The van der Waals surface area contributed by atoms with E-state index in [4.69, 9.17) is 28.3 Å². The average Bonchev–Trinajstić information content (AvgIpc) is 2.43. The van der Waals surface area contributed by atoms with Crippen LogP contribution >= 0.6 is 23.2 Å². The van der Waals surface area contributed by atoms with Gasteiger partial charge < -0.3 is 10.4 Å². The number of rotatable bonds is 3. The van der Waals surface area contributed by atoms with Crippen LogP contribution < -0.4 is 5.32 Å². The van der Waals surface area contributed by atoms with Gasteiger partial charge in [0.1, 0.15) is 0 Å². The second-order valence-corrected chi connectivity index (χ2v) is 5.26. The topological polar surface area (TPSA) is 66.4 Å². The Bertz CT molecular complexity index is 729. The van der Waals surface area contributed by atoms with Crippen molar-refractivity contribution >= 4 is 40.8 Å². The van der Waals surface area contributed by atoms with E-state index in [1.807, 2.05) is 6.92 Å². The van der Waals surface area contributed by atoms with E-state index in [9.17, 15) is 9.59 Å². The smallest absolute Gasteiger partial charge is 0.337 e. The van der Waals surface area contributed by atoms with Crippen LogP contribution in [0.25, 0.3) is 0 Å². The Morgan fingerprint density at radius 1 is 1.10 bits per heavy atom. The number of hydrogen-bond acceptors (Lipinski definition) is 2. The summed E-state index contributed by atoms with van der Waals surface area (Å²) in [6, 6.07) is 9.10. The van der Waals surface area contributed by atoms with Crippen molar-refractivity contribution in [3.8, 4) is 0 Å². The molecule has 0 radical (unpaired) electrons. The van der Waals surface area contributed by atoms with E-state index in [-0.39, 0.29) is 16.3 Å². The van der Waals surface area contributed by atoms with Crippen molar-refractivity contribution in [3.63, 3.8) is 0 Å². The van der Waals surface area contributed by atoms with Crippen LogP contribution in [0.2, 0.25) is 10.0 Å². The zero-order valence-corrected chi connectivity index (χ0v) is 12.5. The molecule has 2 aromatic rings. The molecular weight excluding hydrogens is 313 g/mol. The molecule has 0 bridgehead atoms. The highest BCUT2D eigenvalue weighted by Crippen LogP contribution is 2.22. The van der Waals surface area contributed by atoms with E-state index in [0.717, 1.165) is 5.56 Å². The number of aromatic carboxylic acids is 1. The molecule has 0 aromatic heterocycles. The van der Waals surface area contributed by atoms with Crippen molar-refractivity contribution in [1.29, 1.82) is 0 Å². The summed E-state index contributed by atoms with van der Waals surface area (Å²) >= 11 is 11.7. The van der Waals surface area contributed by atoms with Gasteiger partial charge in [-0.05, 0) is 42.8 Å². The molecule has 0 aliphatic rings. The molecule has 0 saturated carbocycles. The lowest BCUT2D eigenvalue weighted by Gasteiger charge is -2.09. The number of aryl methyl sites for hydroxylation is 1. The van der Waals surface area contributed by atoms with Crippen LogP contribution in [0, 0.1) is 6.92 Å². The summed E-state index contributed by atoms with van der Waals surface area (Å²) in [5.41, 5.74) is 1.30. The molecule has 2 N–H and O–H groups in total. The van der Waals surface area contributed by atoms with Crippen molar-refractivity contribution in [2.75, 3.05) is 5.32 Å². The maximum Gasteiger partial charge on any atom is 0.337 e. The number of carbonyl (C=O) groups excluding carboxylic acids is 1. The molecular formula is C15H11Cl2NO3. The van der Waals surface area contributed by atoms with Gasteiger partial charge in [-0.25, -0.2) is 4.79 Å². The molecule has 0 fully saturated rings. The summed E-state index contributed by atoms with van der Waals surface area (Å²) in [6.07, 6.45) is 0. The van der Waals surface area contributed by atoms with E-state index in [0.29, 0.717) is 10.6 Å². The van der Waals surface area contributed by atoms with Gasteiger partial charge >= 0.3 is 5.97 Å². The van der Waals surface area contributed by atoms with Crippen molar-refractivity contribution in [2.24, 2.45) is 0 Å². The molecule has 0 heterocycles. The fourth-order valence-corrected chi connectivity index (χ4v) is 2.08. The van der Waals surface area contributed by atoms with Gasteiger partial charge in [-0.3, -0.25) is 4.79 Å². The van der Waals surface area contributed by atoms with Gasteiger partial charge in [0.05, 0.1) is 11.3 Å². The van der Waals surface area contributed by atoms with Crippen molar-refractivity contribution in [2.45, 2.75) is 6.92 Å². The number of amides is 1. The largest absolute Gasteiger partial charge is 0.478 e. The first-order chi connectivity index (χ1) is 9.88. The minimum Gasteiger partial charge on any atom is -0.478 e. The summed E-state index contributed by atoms with van der Waals surface area (Å²) in [5, 5.41) is 12.4. The van der Waals surface area contributed by atoms with Crippen LogP contribution in [0.3, 0.4) is 0 Å². The number of carboxylic acids is 1. The van der Waals surface area contributed by atoms with E-state index < -0.39 is 11.9 Å². The number of carboxylic acid groups (broad SMARTS) is 1. The highest BCUT2D eigenvalue weighted by molar-refractivity contribution is 6.32. The van der Waals surface area contributed by atoms with Crippen LogP contribution in [0.15, 0.2) is 36.4 Å². The highest BCUT2D eigenvalue weighted by atomic mass is 35.5. The lowest BCUT2D eigenvalue weighted by atomic mass is 10.1. The predicted molar refractivity (Wildman–Crippen MR) is 82.6 cm³/mol. The number of hydrogen-bond donors (Lipinski definition) is 2. The minimum atomic E-state index is -1.17. The monoisotopic (exact) mass is 323 g/mol. The molecule has 0 atom stereocenters. The molecule has 108 valence electrons. The molecule has 0 unspecified atom stereocenters.